The molecule has 92 valence electrons. The Morgan fingerprint density at radius 1 is 1.17 bits per heavy atom. The quantitative estimate of drug-likeness (QED) is 0.773. The predicted molar refractivity (Wildman–Crippen MR) is 69.2 cm³/mol. The van der Waals surface area contributed by atoms with E-state index < -0.39 is 5.92 Å². The van der Waals surface area contributed by atoms with E-state index in [2.05, 4.69) is 4.98 Å². The van der Waals surface area contributed by atoms with E-state index in [1.165, 1.54) is 0 Å². The Labute approximate surface area is 106 Å². The molecule has 2 rings (SSSR count). The minimum atomic E-state index is -0.452. The van der Waals surface area contributed by atoms with Crippen LogP contribution in [0.5, 0.6) is 0 Å². The molecule has 0 fully saturated rings. The van der Waals surface area contributed by atoms with Crippen molar-refractivity contribution in [1.29, 1.82) is 0 Å². The number of aromatic nitrogens is 1. The molecule has 0 bridgehead atoms. The summed E-state index contributed by atoms with van der Waals surface area (Å²) in [5.74, 6) is -0.713. The van der Waals surface area contributed by atoms with E-state index in [1.807, 2.05) is 48.5 Å². The number of ether oxygens (including phenoxy) is 1. The summed E-state index contributed by atoms with van der Waals surface area (Å²) in [7, 11) is 0. The first-order valence-electron chi connectivity index (χ1n) is 5.95. The third-order valence-corrected chi connectivity index (χ3v) is 2.64. The van der Waals surface area contributed by atoms with Gasteiger partial charge in [-0.25, -0.2) is 0 Å². The summed E-state index contributed by atoms with van der Waals surface area (Å²) >= 11 is 0. The highest BCUT2D eigenvalue weighted by atomic mass is 16.5. The molecule has 0 saturated heterocycles. The molecule has 1 unspecified atom stereocenters. The van der Waals surface area contributed by atoms with Gasteiger partial charge in [0.05, 0.1) is 12.3 Å². The lowest BCUT2D eigenvalue weighted by molar-refractivity contribution is -0.143. The zero-order valence-electron chi connectivity index (χ0n) is 10.2. The largest absolute Gasteiger partial charge is 0.465 e. The highest BCUT2D eigenvalue weighted by molar-refractivity contribution is 5.81. The third kappa shape index (κ3) is 2.74. The first-order chi connectivity index (χ1) is 8.83. The number of benzene rings is 1. The lowest BCUT2D eigenvalue weighted by Gasteiger charge is -2.15. The number of nitrogens with zero attached hydrogens (tertiary/aromatic N) is 1. The van der Waals surface area contributed by atoms with Gasteiger partial charge in [0.1, 0.15) is 5.92 Å². The van der Waals surface area contributed by atoms with Crippen molar-refractivity contribution in [3.8, 4) is 0 Å². The summed E-state index contributed by atoms with van der Waals surface area (Å²) in [5.41, 5.74) is 1.61. The zero-order chi connectivity index (χ0) is 12.8. The highest BCUT2D eigenvalue weighted by Gasteiger charge is 2.24. The molecule has 0 saturated carbocycles. The van der Waals surface area contributed by atoms with Crippen molar-refractivity contribution in [2.24, 2.45) is 0 Å². The summed E-state index contributed by atoms with van der Waals surface area (Å²) in [5, 5.41) is 0. The normalized spacial score (nSPS) is 11.8. The van der Waals surface area contributed by atoms with E-state index >= 15 is 0 Å². The van der Waals surface area contributed by atoms with Crippen LogP contribution in [0.4, 0.5) is 0 Å². The van der Waals surface area contributed by atoms with Gasteiger partial charge in [-0.3, -0.25) is 9.78 Å². The van der Waals surface area contributed by atoms with Crippen molar-refractivity contribution >= 4 is 5.97 Å². The maximum Gasteiger partial charge on any atom is 0.319 e. The van der Waals surface area contributed by atoms with Crippen molar-refractivity contribution in [2.75, 3.05) is 6.61 Å². The maximum atomic E-state index is 12.1. The van der Waals surface area contributed by atoms with Gasteiger partial charge in [0, 0.05) is 6.20 Å². The lowest BCUT2D eigenvalue weighted by atomic mass is 9.95. The molecule has 3 heteroatoms. The molecule has 2 aromatic rings. The van der Waals surface area contributed by atoms with Crippen LogP contribution in [0.3, 0.4) is 0 Å². The number of hydrogen-bond donors (Lipinski definition) is 0. The first-order valence-corrected chi connectivity index (χ1v) is 5.95. The summed E-state index contributed by atoms with van der Waals surface area (Å²) < 4.78 is 5.13. The van der Waals surface area contributed by atoms with Gasteiger partial charge in [-0.1, -0.05) is 36.4 Å². The van der Waals surface area contributed by atoms with Crippen LogP contribution in [0.25, 0.3) is 0 Å². The Kier molecular flexibility index (Phi) is 4.07. The van der Waals surface area contributed by atoms with E-state index in [9.17, 15) is 4.79 Å². The summed E-state index contributed by atoms with van der Waals surface area (Å²) in [6, 6.07) is 15.1. The molecule has 0 aliphatic heterocycles. The summed E-state index contributed by atoms with van der Waals surface area (Å²) in [6.07, 6.45) is 1.69. The van der Waals surface area contributed by atoms with Crippen LogP contribution in [0.2, 0.25) is 0 Å². The highest BCUT2D eigenvalue weighted by Crippen LogP contribution is 2.24. The van der Waals surface area contributed by atoms with E-state index in [0.29, 0.717) is 12.3 Å². The lowest BCUT2D eigenvalue weighted by Crippen LogP contribution is -2.18. The Balaban J connectivity index is 2.38. The van der Waals surface area contributed by atoms with E-state index in [0.717, 1.165) is 5.56 Å². The second kappa shape index (κ2) is 5.96. The Bertz CT molecular complexity index is 457. The van der Waals surface area contributed by atoms with Crippen LogP contribution in [0.15, 0.2) is 54.7 Å². The van der Waals surface area contributed by atoms with Gasteiger partial charge in [0.15, 0.2) is 0 Å². The SMILES string of the molecule is CCOC(=O)C(c1ccccc1)c1ccccn1. The average molecular weight is 241 g/mol. The van der Waals surface area contributed by atoms with Gasteiger partial charge in [-0.2, -0.15) is 0 Å². The summed E-state index contributed by atoms with van der Waals surface area (Å²) in [6.45, 7) is 2.17. The van der Waals surface area contributed by atoms with Crippen molar-refractivity contribution in [3.05, 3.63) is 66.0 Å². The molecule has 0 amide bonds. The first kappa shape index (κ1) is 12.3. The van der Waals surface area contributed by atoms with Gasteiger partial charge < -0.3 is 4.74 Å². The monoisotopic (exact) mass is 241 g/mol. The smallest absolute Gasteiger partial charge is 0.319 e. The van der Waals surface area contributed by atoms with Gasteiger partial charge in [-0.15, -0.1) is 0 Å². The Morgan fingerprint density at radius 3 is 2.50 bits per heavy atom. The Morgan fingerprint density at radius 2 is 1.89 bits per heavy atom. The van der Waals surface area contributed by atoms with Crippen molar-refractivity contribution in [1.82, 2.24) is 4.98 Å². The molecule has 1 atom stereocenters. The number of esters is 1. The number of carbonyl (C=O) groups is 1. The van der Waals surface area contributed by atoms with Crippen LogP contribution in [0.1, 0.15) is 24.1 Å². The number of rotatable bonds is 4. The second-order valence-corrected chi connectivity index (χ2v) is 3.85. The molecule has 0 N–H and O–H groups in total. The molecule has 0 spiro atoms. The number of carbonyl (C=O) groups excluding carboxylic acids is 1. The molecule has 0 radical (unpaired) electrons. The molecule has 1 aromatic carbocycles. The average Bonchev–Trinajstić information content (AvgIpc) is 2.42. The maximum absolute atomic E-state index is 12.1. The number of pyridine rings is 1. The van der Waals surface area contributed by atoms with Crippen LogP contribution in [-0.4, -0.2) is 17.6 Å². The molecular weight excluding hydrogens is 226 g/mol. The van der Waals surface area contributed by atoms with Gasteiger partial charge in [0.25, 0.3) is 0 Å². The van der Waals surface area contributed by atoms with Crippen molar-refractivity contribution < 1.29 is 9.53 Å². The van der Waals surface area contributed by atoms with E-state index in [-0.39, 0.29) is 5.97 Å². The third-order valence-electron chi connectivity index (χ3n) is 2.64. The van der Waals surface area contributed by atoms with Gasteiger partial charge >= 0.3 is 5.97 Å². The number of hydrogen-bond acceptors (Lipinski definition) is 3. The van der Waals surface area contributed by atoms with Gasteiger partial charge in [0.2, 0.25) is 0 Å². The Hall–Kier alpha value is -2.16. The molecule has 3 nitrogen and oxygen atoms in total. The fraction of sp³-hybridized carbons (Fsp3) is 0.200. The van der Waals surface area contributed by atoms with Crippen molar-refractivity contribution in [2.45, 2.75) is 12.8 Å². The molecule has 1 aromatic heterocycles. The molecule has 0 aliphatic carbocycles. The summed E-state index contributed by atoms with van der Waals surface area (Å²) in [4.78, 5) is 16.3. The molecule has 0 aliphatic rings. The van der Waals surface area contributed by atoms with Crippen LogP contribution in [-0.2, 0) is 9.53 Å². The van der Waals surface area contributed by atoms with Gasteiger partial charge in [-0.05, 0) is 24.6 Å². The molecule has 18 heavy (non-hydrogen) atoms. The fourth-order valence-corrected chi connectivity index (χ4v) is 1.85. The van der Waals surface area contributed by atoms with E-state index in [4.69, 9.17) is 4.74 Å². The minimum Gasteiger partial charge on any atom is -0.465 e. The fourth-order valence-electron chi connectivity index (χ4n) is 1.85. The van der Waals surface area contributed by atoms with Crippen LogP contribution < -0.4 is 0 Å². The minimum absolute atomic E-state index is 0.262. The van der Waals surface area contributed by atoms with E-state index in [1.54, 1.807) is 13.1 Å². The predicted octanol–water partition coefficient (Wildman–Crippen LogP) is 2.78. The molecular formula is C15H15NO2. The second-order valence-electron chi connectivity index (χ2n) is 3.85. The zero-order valence-corrected chi connectivity index (χ0v) is 10.2. The van der Waals surface area contributed by atoms with Crippen LogP contribution >= 0.6 is 0 Å². The molecule has 1 heterocycles. The van der Waals surface area contributed by atoms with Crippen LogP contribution in [0, 0.1) is 0 Å². The topological polar surface area (TPSA) is 39.2 Å². The standard InChI is InChI=1S/C15H15NO2/c1-2-18-15(17)14(12-8-4-3-5-9-12)13-10-6-7-11-16-13/h3-11,14H,2H2,1H3. The van der Waals surface area contributed by atoms with Crippen molar-refractivity contribution in [3.63, 3.8) is 0 Å².